The van der Waals surface area contributed by atoms with E-state index in [1.165, 1.54) is 31.3 Å². The number of likely N-dealkylation sites (tertiary alicyclic amines) is 1. The van der Waals surface area contributed by atoms with Gasteiger partial charge < -0.3 is 24.6 Å². The Balaban J connectivity index is 1.81. The van der Waals surface area contributed by atoms with Crippen molar-refractivity contribution < 1.29 is 34.1 Å². The Labute approximate surface area is 208 Å². The van der Waals surface area contributed by atoms with Crippen molar-refractivity contribution in [2.75, 3.05) is 14.2 Å². The zero-order valence-corrected chi connectivity index (χ0v) is 20.0. The minimum absolute atomic E-state index is 0.0325. The standard InChI is InChI=1S/C28H25NO7/c1-16-13-20(11-12-22(16)35-2)25(31)23-24(19-5-4-6-21(30)14-19)29(27(33)26(23)32)15-17-7-9-18(10-8-17)28(34)36-3/h4-14,24,30-31H,15H2,1-3H3/b25-23-. The predicted octanol–water partition coefficient (Wildman–Crippen LogP) is 4.12. The van der Waals surface area contributed by atoms with Gasteiger partial charge in [-0.3, -0.25) is 9.59 Å². The topological polar surface area (TPSA) is 113 Å². The molecule has 184 valence electrons. The highest BCUT2D eigenvalue weighted by Gasteiger charge is 2.46. The molecule has 0 bridgehead atoms. The van der Waals surface area contributed by atoms with E-state index >= 15 is 0 Å². The zero-order chi connectivity index (χ0) is 26.0. The molecule has 3 aromatic rings. The number of methoxy groups -OCH3 is 2. The van der Waals surface area contributed by atoms with Crippen molar-refractivity contribution in [3.8, 4) is 11.5 Å². The molecule has 0 spiro atoms. The first-order valence-corrected chi connectivity index (χ1v) is 11.1. The molecule has 1 saturated heterocycles. The van der Waals surface area contributed by atoms with Gasteiger partial charge in [0.1, 0.15) is 17.3 Å². The average molecular weight is 488 g/mol. The van der Waals surface area contributed by atoms with Crippen molar-refractivity contribution >= 4 is 23.4 Å². The van der Waals surface area contributed by atoms with E-state index in [4.69, 9.17) is 9.47 Å². The fraction of sp³-hybridized carbons (Fsp3) is 0.179. The number of aryl methyl sites for hydroxylation is 1. The van der Waals surface area contributed by atoms with Gasteiger partial charge in [-0.2, -0.15) is 0 Å². The molecule has 1 aliphatic heterocycles. The van der Waals surface area contributed by atoms with Gasteiger partial charge in [0.15, 0.2) is 0 Å². The number of Topliss-reactive ketones (excluding diaryl/α,β-unsaturated/α-hetero) is 1. The number of nitrogens with zero attached hydrogens (tertiary/aromatic N) is 1. The first-order valence-electron chi connectivity index (χ1n) is 11.1. The SMILES string of the molecule is COC(=O)c1ccc(CN2C(=O)C(=O)/C(=C(\O)c3ccc(OC)c(C)c3)C2c2cccc(O)c2)cc1. The van der Waals surface area contributed by atoms with E-state index in [2.05, 4.69) is 0 Å². The Hall–Kier alpha value is -4.59. The third kappa shape index (κ3) is 4.53. The molecule has 3 aromatic carbocycles. The maximum absolute atomic E-state index is 13.2. The molecule has 1 aliphatic rings. The van der Waals surface area contributed by atoms with Gasteiger partial charge in [-0.25, -0.2) is 4.79 Å². The quantitative estimate of drug-likeness (QED) is 0.233. The Morgan fingerprint density at radius 1 is 0.972 bits per heavy atom. The summed E-state index contributed by atoms with van der Waals surface area (Å²) in [6.07, 6.45) is 0. The molecule has 1 atom stereocenters. The molecule has 1 unspecified atom stereocenters. The Morgan fingerprint density at radius 3 is 2.28 bits per heavy atom. The molecule has 1 heterocycles. The number of hydrogen-bond acceptors (Lipinski definition) is 7. The number of aliphatic hydroxyl groups is 1. The van der Waals surface area contributed by atoms with Gasteiger partial charge in [0, 0.05) is 12.1 Å². The highest BCUT2D eigenvalue weighted by atomic mass is 16.5. The lowest BCUT2D eigenvalue weighted by atomic mass is 9.94. The van der Waals surface area contributed by atoms with Gasteiger partial charge in [0.05, 0.1) is 31.4 Å². The lowest BCUT2D eigenvalue weighted by Crippen LogP contribution is -2.29. The van der Waals surface area contributed by atoms with Gasteiger partial charge in [0.2, 0.25) is 0 Å². The van der Waals surface area contributed by atoms with Crippen LogP contribution in [0.4, 0.5) is 0 Å². The number of esters is 1. The van der Waals surface area contributed by atoms with Gasteiger partial charge in [-0.1, -0.05) is 24.3 Å². The van der Waals surface area contributed by atoms with E-state index in [0.29, 0.717) is 28.0 Å². The van der Waals surface area contributed by atoms with E-state index in [1.54, 1.807) is 61.5 Å². The molecular weight excluding hydrogens is 462 g/mol. The summed E-state index contributed by atoms with van der Waals surface area (Å²) in [4.78, 5) is 39.5. The molecule has 2 N–H and O–H groups in total. The van der Waals surface area contributed by atoms with Crippen molar-refractivity contribution in [1.29, 1.82) is 0 Å². The summed E-state index contributed by atoms with van der Waals surface area (Å²) < 4.78 is 10.00. The molecule has 4 rings (SSSR count). The third-order valence-electron chi connectivity index (χ3n) is 6.12. The highest BCUT2D eigenvalue weighted by molar-refractivity contribution is 6.46. The highest BCUT2D eigenvalue weighted by Crippen LogP contribution is 2.41. The number of hydrogen-bond donors (Lipinski definition) is 2. The third-order valence-corrected chi connectivity index (χ3v) is 6.12. The lowest BCUT2D eigenvalue weighted by molar-refractivity contribution is -0.140. The first-order chi connectivity index (χ1) is 17.2. The van der Waals surface area contributed by atoms with Crippen molar-refractivity contribution in [2.45, 2.75) is 19.5 Å². The van der Waals surface area contributed by atoms with Crippen LogP contribution >= 0.6 is 0 Å². The number of benzene rings is 3. The van der Waals surface area contributed by atoms with Gasteiger partial charge >= 0.3 is 5.97 Å². The molecule has 0 aromatic heterocycles. The van der Waals surface area contributed by atoms with Crippen LogP contribution in [0.25, 0.3) is 5.76 Å². The molecule has 1 amide bonds. The molecular formula is C28H25NO7. The summed E-state index contributed by atoms with van der Waals surface area (Å²) in [5, 5.41) is 21.3. The Morgan fingerprint density at radius 2 is 1.67 bits per heavy atom. The number of rotatable bonds is 6. The average Bonchev–Trinajstić information content (AvgIpc) is 3.13. The largest absolute Gasteiger partial charge is 0.508 e. The van der Waals surface area contributed by atoms with Gasteiger partial charge in [-0.05, 0) is 66.1 Å². The van der Waals surface area contributed by atoms with Crippen molar-refractivity contribution in [2.24, 2.45) is 0 Å². The minimum atomic E-state index is -0.945. The second kappa shape index (κ2) is 9.95. The van der Waals surface area contributed by atoms with Crippen LogP contribution in [0.1, 0.15) is 38.7 Å². The number of aromatic hydroxyl groups is 1. The number of aliphatic hydroxyl groups excluding tert-OH is 1. The second-order valence-electron chi connectivity index (χ2n) is 8.39. The molecule has 1 fully saturated rings. The summed E-state index contributed by atoms with van der Waals surface area (Å²) >= 11 is 0. The first kappa shape index (κ1) is 24.5. The Kier molecular flexibility index (Phi) is 6.78. The number of amides is 1. The number of ketones is 1. The lowest BCUT2D eigenvalue weighted by Gasteiger charge is -2.25. The normalized spacial score (nSPS) is 16.8. The number of ether oxygens (including phenoxy) is 2. The van der Waals surface area contributed by atoms with Crippen molar-refractivity contribution in [1.82, 2.24) is 4.90 Å². The summed E-state index contributed by atoms with van der Waals surface area (Å²) in [6, 6.07) is 16.7. The summed E-state index contributed by atoms with van der Waals surface area (Å²) in [6.45, 7) is 1.84. The smallest absolute Gasteiger partial charge is 0.337 e. The van der Waals surface area contributed by atoms with Crippen LogP contribution in [0.5, 0.6) is 11.5 Å². The van der Waals surface area contributed by atoms with E-state index < -0.39 is 23.7 Å². The van der Waals surface area contributed by atoms with Crippen LogP contribution in [0.3, 0.4) is 0 Å². The van der Waals surface area contributed by atoms with Gasteiger partial charge in [0.25, 0.3) is 11.7 Å². The summed E-state index contributed by atoms with van der Waals surface area (Å²) in [5.41, 5.74) is 2.50. The molecule has 0 saturated carbocycles. The number of carbonyl (C=O) groups excluding carboxylic acids is 3. The fourth-order valence-electron chi connectivity index (χ4n) is 4.33. The van der Waals surface area contributed by atoms with Crippen LogP contribution in [-0.4, -0.2) is 47.0 Å². The van der Waals surface area contributed by atoms with Crippen LogP contribution in [0.15, 0.2) is 72.3 Å². The molecule has 0 aliphatic carbocycles. The maximum atomic E-state index is 13.2. The fourth-order valence-corrected chi connectivity index (χ4v) is 4.33. The number of carbonyl (C=O) groups is 3. The van der Waals surface area contributed by atoms with Crippen molar-refractivity contribution in [3.63, 3.8) is 0 Å². The number of phenols is 1. The van der Waals surface area contributed by atoms with E-state index in [-0.39, 0.29) is 23.6 Å². The van der Waals surface area contributed by atoms with Crippen LogP contribution < -0.4 is 4.74 Å². The van der Waals surface area contributed by atoms with E-state index in [9.17, 15) is 24.6 Å². The van der Waals surface area contributed by atoms with Crippen LogP contribution in [-0.2, 0) is 20.9 Å². The predicted molar refractivity (Wildman–Crippen MR) is 131 cm³/mol. The van der Waals surface area contributed by atoms with E-state index in [1.807, 2.05) is 0 Å². The van der Waals surface area contributed by atoms with Crippen molar-refractivity contribution in [3.05, 3.63) is 100 Å². The maximum Gasteiger partial charge on any atom is 0.337 e. The van der Waals surface area contributed by atoms with Crippen LogP contribution in [0.2, 0.25) is 0 Å². The molecule has 8 nitrogen and oxygen atoms in total. The Bertz CT molecular complexity index is 1370. The monoisotopic (exact) mass is 487 g/mol. The van der Waals surface area contributed by atoms with Gasteiger partial charge in [-0.15, -0.1) is 0 Å². The molecule has 36 heavy (non-hydrogen) atoms. The zero-order valence-electron chi connectivity index (χ0n) is 20.0. The van der Waals surface area contributed by atoms with E-state index in [0.717, 1.165) is 5.56 Å². The molecule has 0 radical (unpaired) electrons. The summed E-state index contributed by atoms with van der Waals surface area (Å²) in [7, 11) is 2.82. The number of phenolic OH excluding ortho intramolecular Hbond substituents is 1. The minimum Gasteiger partial charge on any atom is -0.508 e. The molecule has 8 heteroatoms. The summed E-state index contributed by atoms with van der Waals surface area (Å²) in [5.74, 6) is -1.85. The van der Waals surface area contributed by atoms with Crippen LogP contribution in [0, 0.1) is 6.92 Å². The second-order valence-corrected chi connectivity index (χ2v) is 8.39.